The second-order valence-electron chi connectivity index (χ2n) is 8.89. The summed E-state index contributed by atoms with van der Waals surface area (Å²) in [5.74, 6) is -2.62. The Bertz CT molecular complexity index is 1380. The van der Waals surface area contributed by atoms with Gasteiger partial charge in [-0.25, -0.2) is 4.39 Å². The van der Waals surface area contributed by atoms with E-state index in [-0.39, 0.29) is 48.9 Å². The van der Waals surface area contributed by atoms with Crippen LogP contribution in [-0.4, -0.2) is 67.6 Å². The van der Waals surface area contributed by atoms with E-state index < -0.39 is 35.8 Å². The Kier molecular flexibility index (Phi) is 10.8. The van der Waals surface area contributed by atoms with Crippen molar-refractivity contribution in [2.24, 2.45) is 0 Å². The molecule has 2 amide bonds. The number of ether oxygens (including phenoxy) is 1. The summed E-state index contributed by atoms with van der Waals surface area (Å²) >= 11 is 12.3. The molecule has 4 rings (SSSR count). The third kappa shape index (κ3) is 7.86. The number of halogens is 6. The molecule has 0 N–H and O–H groups in total. The molecule has 3 aromatic carbocycles. The van der Waals surface area contributed by atoms with Gasteiger partial charge in [0.15, 0.2) is 6.61 Å². The Balaban J connectivity index is 0.00000441. The summed E-state index contributed by atoms with van der Waals surface area (Å²) in [5, 5.41) is 3.81. The Morgan fingerprint density at radius 3 is 2.33 bits per heavy atom. The van der Waals surface area contributed by atoms with Gasteiger partial charge in [-0.1, -0.05) is 47.1 Å². The van der Waals surface area contributed by atoms with E-state index in [9.17, 15) is 27.2 Å². The largest absolute Gasteiger partial charge is 0.620 e. The van der Waals surface area contributed by atoms with E-state index in [0.717, 1.165) is 19.2 Å². The maximum absolute atomic E-state index is 14.2. The maximum Gasteiger partial charge on any atom is 0.422 e. The van der Waals surface area contributed by atoms with E-state index in [1.165, 1.54) is 36.4 Å². The molecule has 0 aliphatic carbocycles. The van der Waals surface area contributed by atoms with Crippen LogP contribution in [0.25, 0.3) is 16.4 Å². The number of hydrogen-bond acceptors (Lipinski definition) is 4. The zero-order chi connectivity index (χ0) is 28.3. The van der Waals surface area contributed by atoms with Crippen LogP contribution in [0.1, 0.15) is 20.7 Å². The molecule has 1 saturated heterocycles. The van der Waals surface area contributed by atoms with Crippen molar-refractivity contribution in [3.8, 4) is 16.9 Å². The minimum atomic E-state index is -4.68. The molecule has 0 unspecified atom stereocenters. The second-order valence-corrected chi connectivity index (χ2v) is 9.70. The molecule has 0 radical (unpaired) electrons. The van der Waals surface area contributed by atoms with Crippen molar-refractivity contribution in [3.05, 3.63) is 86.9 Å². The number of carbonyl (C=O) groups excluding carboxylic acids is 2. The van der Waals surface area contributed by atoms with Crippen LogP contribution < -0.4 is 4.74 Å². The molecule has 1 aliphatic heterocycles. The van der Waals surface area contributed by atoms with Gasteiger partial charge < -0.3 is 24.6 Å². The van der Waals surface area contributed by atoms with Gasteiger partial charge >= 0.3 is 6.18 Å². The summed E-state index contributed by atoms with van der Waals surface area (Å²) in [4.78, 5) is 29.6. The zero-order valence-corrected chi connectivity index (χ0v) is 26.8. The van der Waals surface area contributed by atoms with Crippen molar-refractivity contribution in [1.29, 1.82) is 0 Å². The number of amides is 2. The number of hydrogen-bond donors (Lipinski definition) is 0. The van der Waals surface area contributed by atoms with Crippen LogP contribution in [0.3, 0.4) is 0 Å². The van der Waals surface area contributed by atoms with Crippen LogP contribution in [0.4, 0.5) is 23.2 Å². The van der Waals surface area contributed by atoms with Gasteiger partial charge in [0.25, 0.3) is 5.91 Å². The number of benzene rings is 3. The Morgan fingerprint density at radius 2 is 1.68 bits per heavy atom. The van der Waals surface area contributed by atoms with Crippen molar-refractivity contribution in [1.82, 2.24) is 9.80 Å². The fraction of sp³-hybridized carbons (Fsp3) is 0.259. The molecular weight excluding hydrogens is 674 g/mol. The Labute approximate surface area is 258 Å². The number of carbonyl (C=O) groups is 2. The molecule has 208 valence electrons. The van der Waals surface area contributed by atoms with Gasteiger partial charge in [0.1, 0.15) is 11.6 Å². The van der Waals surface area contributed by atoms with Crippen molar-refractivity contribution < 1.29 is 59.2 Å². The number of rotatable bonds is 6. The summed E-state index contributed by atoms with van der Waals surface area (Å²) in [6, 6.07) is 12.2. The van der Waals surface area contributed by atoms with Gasteiger partial charge in [-0.15, -0.1) is 0 Å². The average Bonchev–Trinajstić information content (AvgIpc) is 2.88. The van der Waals surface area contributed by atoms with E-state index in [1.807, 2.05) is 7.05 Å². The van der Waals surface area contributed by atoms with Crippen molar-refractivity contribution in [2.75, 3.05) is 39.8 Å². The van der Waals surface area contributed by atoms with Crippen LogP contribution in [0.15, 0.2) is 54.6 Å². The van der Waals surface area contributed by atoms with Gasteiger partial charge in [-0.3, -0.25) is 4.79 Å². The topological polar surface area (TPSA) is 64.0 Å². The van der Waals surface area contributed by atoms with E-state index in [0.29, 0.717) is 29.8 Å². The summed E-state index contributed by atoms with van der Waals surface area (Å²) in [7, 11) is 1.97. The number of piperazine rings is 1. The first-order valence-corrected chi connectivity index (χ1v) is 12.5. The predicted octanol–water partition coefficient (Wildman–Crippen LogP) is 6.97. The summed E-state index contributed by atoms with van der Waals surface area (Å²) in [6.07, 6.45) is -4.68. The summed E-state index contributed by atoms with van der Waals surface area (Å²) < 4.78 is 58.1. The van der Waals surface area contributed by atoms with Gasteiger partial charge in [0.2, 0.25) is 0 Å². The molecule has 13 heteroatoms. The van der Waals surface area contributed by atoms with E-state index >= 15 is 0 Å². The first kappa shape index (κ1) is 32.1. The molecule has 40 heavy (non-hydrogen) atoms. The molecule has 0 atom stereocenters. The van der Waals surface area contributed by atoms with Crippen LogP contribution >= 0.6 is 23.2 Å². The third-order valence-electron chi connectivity index (χ3n) is 6.06. The van der Waals surface area contributed by atoms with E-state index in [2.05, 4.69) is 10.2 Å². The predicted molar refractivity (Wildman–Crippen MR) is 141 cm³/mol. The standard InChI is InChI=1S/C27H23Cl2F4N3O3.Cd/c1-35-9-11-36(12-10-35)26(38)17-5-7-19(28)18(13-17)16-6-8-22(23(14-16)39-15-27(31,32)33)34-25(37)24-20(29)3-2-4-21(24)30;/h2-8,13-14H,9-12,15H2,1H3,(H,34,37);/p-1. The second kappa shape index (κ2) is 13.5. The van der Waals surface area contributed by atoms with E-state index in [4.69, 9.17) is 27.9 Å². The third-order valence-corrected chi connectivity index (χ3v) is 6.71. The maximum atomic E-state index is 14.2. The first-order valence-electron chi connectivity index (χ1n) is 11.7. The zero-order valence-electron chi connectivity index (χ0n) is 21.3. The molecule has 0 saturated carbocycles. The van der Waals surface area contributed by atoms with Crippen molar-refractivity contribution in [2.45, 2.75) is 6.18 Å². The molecule has 0 bridgehead atoms. The molecule has 0 spiro atoms. The SMILES string of the molecule is CN1CCN(C(=O)c2ccc(Cl)c(-c3ccc([N-]C(=O)c4c(F)cccc4Cl)c(OCC(F)(F)F)c3)c2)CC1.[Cd]. The minimum Gasteiger partial charge on any atom is -0.620 e. The van der Waals surface area contributed by atoms with Crippen molar-refractivity contribution in [3.63, 3.8) is 0 Å². The number of alkyl halides is 3. The Hall–Kier alpha value is -2.42. The van der Waals surface area contributed by atoms with E-state index in [1.54, 1.807) is 17.0 Å². The van der Waals surface area contributed by atoms with Crippen molar-refractivity contribution >= 4 is 40.7 Å². The number of nitrogens with zero attached hydrogens (tertiary/aromatic N) is 3. The van der Waals surface area contributed by atoms with Crippen LogP contribution in [0, 0.1) is 5.82 Å². The summed E-state index contributed by atoms with van der Waals surface area (Å²) in [6.45, 7) is 0.906. The molecule has 1 heterocycles. The van der Waals surface area contributed by atoms with Crippen LogP contribution in [0.5, 0.6) is 5.75 Å². The van der Waals surface area contributed by atoms with Gasteiger partial charge in [-0.2, -0.15) is 13.2 Å². The molecule has 6 nitrogen and oxygen atoms in total. The van der Waals surface area contributed by atoms with Gasteiger partial charge in [0, 0.05) is 69.6 Å². The fourth-order valence-corrected chi connectivity index (χ4v) is 4.46. The quantitative estimate of drug-likeness (QED) is 0.207. The van der Waals surface area contributed by atoms with Crippen LogP contribution in [0.2, 0.25) is 10.0 Å². The molecule has 1 aliphatic rings. The average molecular weight is 696 g/mol. The summed E-state index contributed by atoms with van der Waals surface area (Å²) in [5.41, 5.74) is 0.246. The Morgan fingerprint density at radius 1 is 0.975 bits per heavy atom. The normalized spacial score (nSPS) is 13.9. The van der Waals surface area contributed by atoms with Crippen LogP contribution in [-0.2, 0) is 27.3 Å². The molecule has 1 fully saturated rings. The molecule has 3 aromatic rings. The molecular formula is C27H22CdCl2F4N3O3-. The fourth-order valence-electron chi connectivity index (χ4n) is 3.99. The van der Waals surface area contributed by atoms with Gasteiger partial charge in [0.05, 0.1) is 16.5 Å². The van der Waals surface area contributed by atoms with Gasteiger partial charge in [-0.05, 0) is 49.0 Å². The first-order chi connectivity index (χ1) is 18.4. The number of likely N-dealkylation sites (N-methyl/N-ethyl adjacent to an activating group) is 1. The minimum absolute atomic E-state index is 0. The molecule has 0 aromatic heterocycles. The monoisotopic (exact) mass is 696 g/mol. The smallest absolute Gasteiger partial charge is 0.422 e.